The first-order valence-electron chi connectivity index (χ1n) is 5.56. The molecule has 0 unspecified atom stereocenters. The molecule has 0 aliphatic heterocycles. The van der Waals surface area contributed by atoms with Crippen molar-refractivity contribution in [1.82, 2.24) is 9.88 Å². The van der Waals surface area contributed by atoms with E-state index in [0.717, 1.165) is 26.2 Å². The van der Waals surface area contributed by atoms with Gasteiger partial charge in [0.1, 0.15) is 0 Å². The van der Waals surface area contributed by atoms with Crippen molar-refractivity contribution in [3.63, 3.8) is 0 Å². The highest BCUT2D eigenvalue weighted by Crippen LogP contribution is 2.04. The molecular formula is C12H22N2O. The molecule has 0 atom stereocenters. The van der Waals surface area contributed by atoms with Crippen molar-refractivity contribution in [2.75, 3.05) is 20.3 Å². The smallest absolute Gasteiger partial charge is 0.0587 e. The van der Waals surface area contributed by atoms with Gasteiger partial charge in [-0.15, -0.1) is 0 Å². The Kier molecular flexibility index (Phi) is 5.43. The number of ether oxygens (including phenoxy) is 1. The SMILES string of the molecule is COCCNCc1ccn(CC(C)C)c1. The molecule has 3 nitrogen and oxygen atoms in total. The summed E-state index contributed by atoms with van der Waals surface area (Å²) in [6, 6.07) is 2.17. The fraction of sp³-hybridized carbons (Fsp3) is 0.667. The van der Waals surface area contributed by atoms with E-state index in [9.17, 15) is 0 Å². The zero-order valence-electron chi connectivity index (χ0n) is 9.99. The monoisotopic (exact) mass is 210 g/mol. The molecule has 0 bridgehead atoms. The summed E-state index contributed by atoms with van der Waals surface area (Å²) >= 11 is 0. The summed E-state index contributed by atoms with van der Waals surface area (Å²) in [5.41, 5.74) is 1.34. The lowest BCUT2D eigenvalue weighted by atomic mass is 10.2. The second-order valence-electron chi connectivity index (χ2n) is 4.28. The zero-order chi connectivity index (χ0) is 11.1. The quantitative estimate of drug-likeness (QED) is 0.695. The van der Waals surface area contributed by atoms with Gasteiger partial charge in [0.15, 0.2) is 0 Å². The minimum atomic E-state index is 0.701. The van der Waals surface area contributed by atoms with Crippen LogP contribution in [-0.4, -0.2) is 24.8 Å². The average molecular weight is 210 g/mol. The van der Waals surface area contributed by atoms with E-state index < -0.39 is 0 Å². The maximum absolute atomic E-state index is 4.97. The molecule has 1 heterocycles. The van der Waals surface area contributed by atoms with Crippen LogP contribution in [0.3, 0.4) is 0 Å². The molecule has 1 N–H and O–H groups in total. The number of aromatic nitrogens is 1. The normalized spacial score (nSPS) is 11.2. The van der Waals surface area contributed by atoms with E-state index in [1.54, 1.807) is 7.11 Å². The van der Waals surface area contributed by atoms with Crippen LogP contribution in [0, 0.1) is 5.92 Å². The van der Waals surface area contributed by atoms with Gasteiger partial charge in [-0.2, -0.15) is 0 Å². The van der Waals surface area contributed by atoms with Gasteiger partial charge in [0.05, 0.1) is 6.61 Å². The third kappa shape index (κ3) is 5.00. The second kappa shape index (κ2) is 6.64. The maximum atomic E-state index is 4.97. The highest BCUT2D eigenvalue weighted by Gasteiger charge is 1.98. The van der Waals surface area contributed by atoms with Crippen molar-refractivity contribution in [2.45, 2.75) is 26.9 Å². The Morgan fingerprint density at radius 3 is 2.93 bits per heavy atom. The van der Waals surface area contributed by atoms with Crippen molar-refractivity contribution in [2.24, 2.45) is 5.92 Å². The summed E-state index contributed by atoms with van der Waals surface area (Å²) in [6.07, 6.45) is 4.35. The first kappa shape index (κ1) is 12.3. The average Bonchev–Trinajstić information content (AvgIpc) is 2.59. The highest BCUT2D eigenvalue weighted by molar-refractivity contribution is 5.09. The molecule has 1 aromatic rings. The minimum Gasteiger partial charge on any atom is -0.383 e. The number of methoxy groups -OCH3 is 1. The Balaban J connectivity index is 2.26. The van der Waals surface area contributed by atoms with Crippen LogP contribution in [0.15, 0.2) is 18.5 Å². The first-order valence-corrected chi connectivity index (χ1v) is 5.56. The summed E-state index contributed by atoms with van der Waals surface area (Å²) in [5.74, 6) is 0.701. The molecule has 0 fully saturated rings. The Morgan fingerprint density at radius 2 is 2.27 bits per heavy atom. The molecule has 0 radical (unpaired) electrons. The van der Waals surface area contributed by atoms with Crippen molar-refractivity contribution >= 4 is 0 Å². The molecule has 0 aliphatic carbocycles. The molecule has 0 aliphatic rings. The summed E-state index contributed by atoms with van der Waals surface area (Å²) in [7, 11) is 1.72. The van der Waals surface area contributed by atoms with Crippen LogP contribution in [0.5, 0.6) is 0 Å². The fourth-order valence-corrected chi connectivity index (χ4v) is 1.54. The van der Waals surface area contributed by atoms with E-state index in [-0.39, 0.29) is 0 Å². The molecule has 1 aromatic heterocycles. The van der Waals surface area contributed by atoms with Gasteiger partial charge in [0.25, 0.3) is 0 Å². The number of nitrogens with zero attached hydrogens (tertiary/aromatic N) is 1. The molecule has 0 spiro atoms. The highest BCUT2D eigenvalue weighted by atomic mass is 16.5. The largest absolute Gasteiger partial charge is 0.383 e. The fourth-order valence-electron chi connectivity index (χ4n) is 1.54. The number of rotatable bonds is 7. The van der Waals surface area contributed by atoms with E-state index in [2.05, 4.69) is 42.2 Å². The molecule has 0 saturated carbocycles. The number of hydrogen-bond donors (Lipinski definition) is 1. The van der Waals surface area contributed by atoms with E-state index >= 15 is 0 Å². The van der Waals surface area contributed by atoms with E-state index in [4.69, 9.17) is 4.74 Å². The lowest BCUT2D eigenvalue weighted by molar-refractivity contribution is 0.199. The van der Waals surface area contributed by atoms with Gasteiger partial charge in [0, 0.05) is 39.1 Å². The van der Waals surface area contributed by atoms with E-state index in [1.807, 2.05) is 0 Å². The lowest BCUT2D eigenvalue weighted by Crippen LogP contribution is -2.18. The van der Waals surface area contributed by atoms with Crippen LogP contribution in [-0.2, 0) is 17.8 Å². The van der Waals surface area contributed by atoms with Crippen LogP contribution in [0.1, 0.15) is 19.4 Å². The molecule has 0 aromatic carbocycles. The molecule has 3 heteroatoms. The summed E-state index contributed by atoms with van der Waals surface area (Å²) < 4.78 is 7.22. The Hall–Kier alpha value is -0.800. The minimum absolute atomic E-state index is 0.701. The molecule has 0 amide bonds. The van der Waals surface area contributed by atoms with Gasteiger partial charge in [-0.3, -0.25) is 0 Å². The lowest BCUT2D eigenvalue weighted by Gasteiger charge is -2.05. The molecule has 1 rings (SSSR count). The third-order valence-electron chi connectivity index (χ3n) is 2.20. The van der Waals surface area contributed by atoms with Gasteiger partial charge in [-0.1, -0.05) is 13.8 Å². The summed E-state index contributed by atoms with van der Waals surface area (Å²) in [5, 5.41) is 3.33. The van der Waals surface area contributed by atoms with Gasteiger partial charge in [-0.05, 0) is 17.5 Å². The molecular weight excluding hydrogens is 188 g/mol. The predicted octanol–water partition coefficient (Wildman–Crippen LogP) is 1.88. The third-order valence-corrected chi connectivity index (χ3v) is 2.20. The molecule has 15 heavy (non-hydrogen) atoms. The molecule has 0 saturated heterocycles. The summed E-state index contributed by atoms with van der Waals surface area (Å²) in [6.45, 7) is 8.16. The van der Waals surface area contributed by atoms with Crippen molar-refractivity contribution in [3.8, 4) is 0 Å². The van der Waals surface area contributed by atoms with Gasteiger partial charge in [0.2, 0.25) is 0 Å². The molecule has 86 valence electrons. The van der Waals surface area contributed by atoms with Crippen molar-refractivity contribution < 1.29 is 4.74 Å². The van der Waals surface area contributed by atoms with Crippen LogP contribution in [0.25, 0.3) is 0 Å². The van der Waals surface area contributed by atoms with E-state index in [1.165, 1.54) is 5.56 Å². The summed E-state index contributed by atoms with van der Waals surface area (Å²) in [4.78, 5) is 0. The Bertz CT molecular complexity index is 268. The standard InChI is InChI=1S/C12H22N2O/c1-11(2)9-14-6-4-12(10-14)8-13-5-7-15-3/h4,6,10-11,13H,5,7-9H2,1-3H3. The number of nitrogens with one attached hydrogen (secondary N) is 1. The Labute approximate surface area is 92.4 Å². The first-order chi connectivity index (χ1) is 7.22. The maximum Gasteiger partial charge on any atom is 0.0587 e. The van der Waals surface area contributed by atoms with Gasteiger partial charge in [-0.25, -0.2) is 0 Å². The van der Waals surface area contributed by atoms with Crippen molar-refractivity contribution in [3.05, 3.63) is 24.0 Å². The topological polar surface area (TPSA) is 26.2 Å². The Morgan fingerprint density at radius 1 is 1.47 bits per heavy atom. The van der Waals surface area contributed by atoms with Crippen LogP contribution < -0.4 is 5.32 Å². The van der Waals surface area contributed by atoms with E-state index in [0.29, 0.717) is 5.92 Å². The number of hydrogen-bond acceptors (Lipinski definition) is 2. The van der Waals surface area contributed by atoms with Crippen molar-refractivity contribution in [1.29, 1.82) is 0 Å². The zero-order valence-corrected chi connectivity index (χ0v) is 9.99. The second-order valence-corrected chi connectivity index (χ2v) is 4.28. The van der Waals surface area contributed by atoms with Crippen LogP contribution >= 0.6 is 0 Å². The van der Waals surface area contributed by atoms with Crippen LogP contribution in [0.4, 0.5) is 0 Å². The van der Waals surface area contributed by atoms with Gasteiger partial charge < -0.3 is 14.6 Å². The van der Waals surface area contributed by atoms with Crippen LogP contribution in [0.2, 0.25) is 0 Å². The van der Waals surface area contributed by atoms with Gasteiger partial charge >= 0.3 is 0 Å². The predicted molar refractivity (Wildman–Crippen MR) is 62.9 cm³/mol.